The Hall–Kier alpha value is -1.29. The first-order valence-corrected chi connectivity index (χ1v) is 5.07. The first-order valence-electron chi connectivity index (χ1n) is 5.07. The third kappa shape index (κ3) is 2.85. The van der Waals surface area contributed by atoms with Crippen LogP contribution in [0.1, 0.15) is 19.4 Å². The molecule has 2 N–H and O–H groups in total. The van der Waals surface area contributed by atoms with E-state index in [4.69, 9.17) is 15.2 Å². The van der Waals surface area contributed by atoms with Crippen LogP contribution >= 0.6 is 0 Å². The number of nitrogens with two attached hydrogens (primary N) is 1. The van der Waals surface area contributed by atoms with E-state index in [-0.39, 0.29) is 5.75 Å². The highest BCUT2D eigenvalue weighted by Gasteiger charge is 2.19. The summed E-state index contributed by atoms with van der Waals surface area (Å²) < 4.78 is 24.0. The zero-order chi connectivity index (χ0) is 12.3. The molecule has 0 spiro atoms. The highest BCUT2D eigenvalue weighted by Crippen LogP contribution is 2.32. The summed E-state index contributed by atoms with van der Waals surface area (Å²) in [6, 6.07) is 3.36. The van der Waals surface area contributed by atoms with Gasteiger partial charge in [0.1, 0.15) is 0 Å². The maximum Gasteiger partial charge on any atom is 0.197 e. The van der Waals surface area contributed by atoms with Crippen molar-refractivity contribution in [2.24, 2.45) is 5.73 Å². The van der Waals surface area contributed by atoms with Crippen molar-refractivity contribution in [3.05, 3.63) is 23.5 Å². The molecule has 0 bridgehead atoms. The molecule has 0 aliphatic carbocycles. The Labute approximate surface area is 95.4 Å². The smallest absolute Gasteiger partial charge is 0.197 e. The standard InChI is InChI=1S/C12H18FNO2/c1-12(2,14)7-8-5-6-9(15-3)11(16-4)10(8)13/h5-6H,7,14H2,1-4H3. The predicted molar refractivity (Wildman–Crippen MR) is 61.5 cm³/mol. The molecule has 0 amide bonds. The molecule has 0 aliphatic rings. The van der Waals surface area contributed by atoms with Crippen LogP contribution in [0.5, 0.6) is 11.5 Å². The van der Waals surface area contributed by atoms with Crippen LogP contribution in [0, 0.1) is 5.82 Å². The van der Waals surface area contributed by atoms with Gasteiger partial charge in [0.15, 0.2) is 17.3 Å². The van der Waals surface area contributed by atoms with Crippen molar-refractivity contribution in [3.63, 3.8) is 0 Å². The van der Waals surface area contributed by atoms with E-state index in [1.807, 2.05) is 13.8 Å². The van der Waals surface area contributed by atoms with Gasteiger partial charge in [-0.1, -0.05) is 6.07 Å². The van der Waals surface area contributed by atoms with Gasteiger partial charge in [0.2, 0.25) is 0 Å². The molecule has 0 saturated carbocycles. The van der Waals surface area contributed by atoms with Gasteiger partial charge in [0.05, 0.1) is 14.2 Å². The van der Waals surface area contributed by atoms with Gasteiger partial charge in [0, 0.05) is 5.54 Å². The topological polar surface area (TPSA) is 44.5 Å². The molecule has 0 fully saturated rings. The maximum absolute atomic E-state index is 14.0. The predicted octanol–water partition coefficient (Wildman–Crippen LogP) is 2.12. The van der Waals surface area contributed by atoms with Crippen LogP contribution in [0.4, 0.5) is 4.39 Å². The van der Waals surface area contributed by atoms with E-state index in [2.05, 4.69) is 0 Å². The van der Waals surface area contributed by atoms with E-state index in [1.165, 1.54) is 14.2 Å². The molecule has 3 nitrogen and oxygen atoms in total. The lowest BCUT2D eigenvalue weighted by atomic mass is 9.95. The van der Waals surface area contributed by atoms with Crippen LogP contribution in [0.25, 0.3) is 0 Å². The lowest BCUT2D eigenvalue weighted by molar-refractivity contribution is 0.334. The van der Waals surface area contributed by atoms with Crippen LogP contribution < -0.4 is 15.2 Å². The Kier molecular flexibility index (Phi) is 3.75. The summed E-state index contributed by atoms with van der Waals surface area (Å²) >= 11 is 0. The van der Waals surface area contributed by atoms with Crippen LogP contribution in [-0.2, 0) is 6.42 Å². The SMILES string of the molecule is COc1ccc(CC(C)(C)N)c(F)c1OC. The summed E-state index contributed by atoms with van der Waals surface area (Å²) in [6.45, 7) is 3.70. The number of rotatable bonds is 4. The second-order valence-electron chi connectivity index (χ2n) is 4.44. The van der Waals surface area contributed by atoms with E-state index in [0.717, 1.165) is 0 Å². The molecule has 0 radical (unpaired) electrons. The average Bonchev–Trinajstić information content (AvgIpc) is 2.19. The monoisotopic (exact) mass is 227 g/mol. The van der Waals surface area contributed by atoms with Crippen LogP contribution in [0.2, 0.25) is 0 Å². The van der Waals surface area contributed by atoms with Gasteiger partial charge < -0.3 is 15.2 Å². The van der Waals surface area contributed by atoms with Crippen LogP contribution in [-0.4, -0.2) is 19.8 Å². The lowest BCUT2D eigenvalue weighted by Crippen LogP contribution is -2.34. The zero-order valence-corrected chi connectivity index (χ0v) is 10.1. The fourth-order valence-electron chi connectivity index (χ4n) is 1.56. The van der Waals surface area contributed by atoms with E-state index in [9.17, 15) is 4.39 Å². The summed E-state index contributed by atoms with van der Waals surface area (Å²) in [5.41, 5.74) is 5.93. The van der Waals surface area contributed by atoms with E-state index in [1.54, 1.807) is 12.1 Å². The number of methoxy groups -OCH3 is 2. The molecule has 0 aromatic heterocycles. The number of benzene rings is 1. The van der Waals surface area contributed by atoms with Gasteiger partial charge in [0.25, 0.3) is 0 Å². The number of hydrogen-bond donors (Lipinski definition) is 1. The molecule has 1 aromatic rings. The Morgan fingerprint density at radius 1 is 1.25 bits per heavy atom. The molecule has 1 aromatic carbocycles. The molecule has 0 saturated heterocycles. The van der Waals surface area contributed by atoms with Crippen molar-refractivity contribution in [1.82, 2.24) is 0 Å². The molecule has 1 rings (SSSR count). The van der Waals surface area contributed by atoms with Gasteiger partial charge in [-0.05, 0) is 31.9 Å². The van der Waals surface area contributed by atoms with Crippen molar-refractivity contribution in [2.75, 3.05) is 14.2 Å². The normalized spacial score (nSPS) is 11.4. The van der Waals surface area contributed by atoms with Crippen molar-refractivity contribution in [2.45, 2.75) is 25.8 Å². The first-order chi connectivity index (χ1) is 7.39. The van der Waals surface area contributed by atoms with Gasteiger partial charge in [-0.25, -0.2) is 4.39 Å². The Morgan fingerprint density at radius 3 is 2.31 bits per heavy atom. The summed E-state index contributed by atoms with van der Waals surface area (Å²) in [5.74, 6) is 0.114. The zero-order valence-electron chi connectivity index (χ0n) is 10.1. The van der Waals surface area contributed by atoms with Gasteiger partial charge >= 0.3 is 0 Å². The van der Waals surface area contributed by atoms with E-state index < -0.39 is 11.4 Å². The Bertz CT molecular complexity index is 372. The van der Waals surface area contributed by atoms with E-state index in [0.29, 0.717) is 17.7 Å². The molecular weight excluding hydrogens is 209 g/mol. The Morgan fingerprint density at radius 2 is 1.88 bits per heavy atom. The van der Waals surface area contributed by atoms with Gasteiger partial charge in [-0.2, -0.15) is 0 Å². The van der Waals surface area contributed by atoms with Gasteiger partial charge in [-0.15, -0.1) is 0 Å². The molecule has 4 heteroatoms. The number of halogens is 1. The molecule has 0 aliphatic heterocycles. The van der Waals surface area contributed by atoms with Crippen molar-refractivity contribution in [3.8, 4) is 11.5 Å². The second-order valence-corrected chi connectivity index (χ2v) is 4.44. The highest BCUT2D eigenvalue weighted by molar-refractivity contribution is 5.44. The summed E-state index contributed by atoms with van der Waals surface area (Å²) in [7, 11) is 2.89. The number of ether oxygens (including phenoxy) is 2. The summed E-state index contributed by atoms with van der Waals surface area (Å²) in [4.78, 5) is 0. The fourth-order valence-corrected chi connectivity index (χ4v) is 1.56. The molecule has 0 unspecified atom stereocenters. The molecule has 0 heterocycles. The average molecular weight is 227 g/mol. The molecule has 0 atom stereocenters. The maximum atomic E-state index is 14.0. The van der Waals surface area contributed by atoms with Crippen LogP contribution in [0.15, 0.2) is 12.1 Å². The summed E-state index contributed by atoms with van der Waals surface area (Å²) in [5, 5.41) is 0. The highest BCUT2D eigenvalue weighted by atomic mass is 19.1. The van der Waals surface area contributed by atoms with Gasteiger partial charge in [-0.3, -0.25) is 0 Å². The molecule has 16 heavy (non-hydrogen) atoms. The lowest BCUT2D eigenvalue weighted by Gasteiger charge is -2.20. The van der Waals surface area contributed by atoms with Crippen LogP contribution in [0.3, 0.4) is 0 Å². The van der Waals surface area contributed by atoms with Crippen molar-refractivity contribution >= 4 is 0 Å². The largest absolute Gasteiger partial charge is 0.493 e. The van der Waals surface area contributed by atoms with Crippen molar-refractivity contribution < 1.29 is 13.9 Å². The fraction of sp³-hybridized carbons (Fsp3) is 0.500. The minimum absolute atomic E-state index is 0.129. The third-order valence-electron chi connectivity index (χ3n) is 2.21. The number of hydrogen-bond acceptors (Lipinski definition) is 3. The second kappa shape index (κ2) is 4.70. The molecule has 90 valence electrons. The first kappa shape index (κ1) is 12.8. The van der Waals surface area contributed by atoms with E-state index >= 15 is 0 Å². The minimum atomic E-state index is -0.458. The minimum Gasteiger partial charge on any atom is -0.493 e. The Balaban J connectivity index is 3.14. The quantitative estimate of drug-likeness (QED) is 0.857. The van der Waals surface area contributed by atoms with Crippen molar-refractivity contribution in [1.29, 1.82) is 0 Å². The summed E-state index contributed by atoms with van der Waals surface area (Å²) in [6.07, 6.45) is 0.444. The third-order valence-corrected chi connectivity index (χ3v) is 2.21. The molecular formula is C12H18FNO2.